The molecule has 1 saturated heterocycles. The summed E-state index contributed by atoms with van der Waals surface area (Å²) in [6, 6.07) is 15.1. The van der Waals surface area contributed by atoms with Gasteiger partial charge in [-0.25, -0.2) is 8.42 Å². The van der Waals surface area contributed by atoms with Crippen LogP contribution in [0.25, 0.3) is 22.0 Å². The van der Waals surface area contributed by atoms with Crippen molar-refractivity contribution in [3.8, 4) is 16.9 Å². The van der Waals surface area contributed by atoms with Crippen molar-refractivity contribution in [1.29, 1.82) is 0 Å². The molecule has 1 spiro atoms. The molecule has 7 heteroatoms. The highest BCUT2D eigenvalue weighted by atomic mass is 32.2. The summed E-state index contributed by atoms with van der Waals surface area (Å²) < 4.78 is 32.4. The molecule has 0 radical (unpaired) electrons. The molecule has 1 atom stereocenters. The van der Waals surface area contributed by atoms with Crippen molar-refractivity contribution in [2.75, 3.05) is 13.7 Å². The number of Topliss-reactive ketones (excluding diaryl/α,β-unsaturated/α-hetero) is 1. The highest BCUT2D eigenvalue weighted by molar-refractivity contribution is 7.92. The van der Waals surface area contributed by atoms with Gasteiger partial charge in [-0.1, -0.05) is 18.2 Å². The van der Waals surface area contributed by atoms with Crippen LogP contribution in [0.3, 0.4) is 0 Å². The minimum absolute atomic E-state index is 0.0656. The number of nitrogens with zero attached hydrogens (tertiary/aromatic N) is 1. The number of benzene rings is 2. The van der Waals surface area contributed by atoms with E-state index in [1.54, 1.807) is 25.4 Å². The van der Waals surface area contributed by atoms with Gasteiger partial charge in [0.1, 0.15) is 11.5 Å². The average Bonchev–Trinajstić information content (AvgIpc) is 3.75. The smallest absolute Gasteiger partial charge is 0.181 e. The predicted octanol–water partition coefficient (Wildman–Crippen LogP) is 4.95. The number of carbonyl (C=O) groups is 1. The van der Waals surface area contributed by atoms with Crippen molar-refractivity contribution >= 4 is 26.5 Å². The number of fused-ring (bicyclic) bond motifs is 1. The van der Waals surface area contributed by atoms with E-state index in [-0.39, 0.29) is 16.7 Å². The summed E-state index contributed by atoms with van der Waals surface area (Å²) in [4.78, 5) is 17.2. The first-order chi connectivity index (χ1) is 17.4. The Balaban J connectivity index is 1.17. The highest BCUT2D eigenvalue weighted by Gasteiger charge is 2.48. The van der Waals surface area contributed by atoms with Crippen molar-refractivity contribution in [2.45, 2.75) is 60.6 Å². The van der Waals surface area contributed by atoms with Gasteiger partial charge in [-0.15, -0.1) is 0 Å². The molecule has 2 aliphatic carbocycles. The zero-order chi connectivity index (χ0) is 24.9. The molecule has 3 aliphatic rings. The van der Waals surface area contributed by atoms with Crippen LogP contribution in [0.4, 0.5) is 0 Å². The number of piperidine rings is 1. The second-order valence-electron chi connectivity index (χ2n) is 10.8. The van der Waals surface area contributed by atoms with Gasteiger partial charge in [-0.05, 0) is 92.3 Å². The van der Waals surface area contributed by atoms with Gasteiger partial charge < -0.3 is 10.1 Å². The quantitative estimate of drug-likeness (QED) is 0.529. The van der Waals surface area contributed by atoms with E-state index in [0.717, 1.165) is 47.0 Å². The summed E-state index contributed by atoms with van der Waals surface area (Å²) in [5, 5.41) is 4.07. The zero-order valence-electron chi connectivity index (χ0n) is 20.6. The number of sulfone groups is 1. The fraction of sp³-hybridized carbons (Fsp3) is 0.448. The number of nitrogens with one attached hydrogen (secondary N) is 1. The van der Waals surface area contributed by atoms with Crippen LogP contribution in [0.2, 0.25) is 0 Å². The van der Waals surface area contributed by atoms with Gasteiger partial charge in [-0.2, -0.15) is 0 Å². The molecule has 3 fully saturated rings. The van der Waals surface area contributed by atoms with Crippen LogP contribution in [-0.2, 0) is 14.6 Å². The molecule has 1 unspecified atom stereocenters. The number of carbonyl (C=O) groups excluding carboxylic acids is 1. The molecule has 1 aliphatic heterocycles. The van der Waals surface area contributed by atoms with Gasteiger partial charge in [0, 0.05) is 23.0 Å². The first-order valence-electron chi connectivity index (χ1n) is 12.9. The van der Waals surface area contributed by atoms with E-state index < -0.39 is 9.84 Å². The average molecular weight is 505 g/mol. The first-order valence-corrected chi connectivity index (χ1v) is 14.5. The van der Waals surface area contributed by atoms with Gasteiger partial charge in [0.2, 0.25) is 0 Å². The first kappa shape index (κ1) is 23.6. The molecule has 6 nitrogen and oxygen atoms in total. The second-order valence-corrected chi connectivity index (χ2v) is 13.0. The van der Waals surface area contributed by atoms with E-state index in [2.05, 4.69) is 10.3 Å². The highest BCUT2D eigenvalue weighted by Crippen LogP contribution is 2.46. The molecule has 2 saturated carbocycles. The molecule has 1 N–H and O–H groups in total. The molecular weight excluding hydrogens is 472 g/mol. The lowest BCUT2D eigenvalue weighted by Gasteiger charge is -2.45. The monoisotopic (exact) mass is 504 g/mol. The SMILES string of the molecule is COc1ccnc2cc(-c3ccc(S(=O)(=O)C4CCC5(CC4)CC(C4CC4)C(=O)CN5)cc3)ccc12. The van der Waals surface area contributed by atoms with Crippen LogP contribution in [-0.4, -0.2) is 43.6 Å². The maximum atomic E-state index is 13.5. The Bertz CT molecular complexity index is 1400. The Morgan fingerprint density at radius 2 is 1.69 bits per heavy atom. The van der Waals surface area contributed by atoms with Crippen molar-refractivity contribution in [2.24, 2.45) is 11.8 Å². The topological polar surface area (TPSA) is 85.4 Å². The number of rotatable bonds is 5. The molecular formula is C29H32N2O4S. The maximum absolute atomic E-state index is 13.5. The Labute approximate surface area is 212 Å². The van der Waals surface area contributed by atoms with E-state index >= 15 is 0 Å². The standard InChI is InChI=1S/C29H32N2O4S/c1-35-28-12-15-30-26-16-21(6-9-24(26)28)19-4-7-22(8-5-19)36(33,34)23-10-13-29(14-11-23)17-25(20-2-3-20)27(32)18-31-29/h4-9,12,15-16,20,23,25,31H,2-3,10-11,13-14,17-18H2,1H3. The Morgan fingerprint density at radius 3 is 2.39 bits per heavy atom. The second kappa shape index (κ2) is 8.96. The normalized spacial score (nSPS) is 26.9. The number of methoxy groups -OCH3 is 1. The molecule has 6 rings (SSSR count). The van der Waals surface area contributed by atoms with Crippen LogP contribution in [0, 0.1) is 11.8 Å². The third-order valence-corrected chi connectivity index (χ3v) is 10.9. The van der Waals surface area contributed by atoms with E-state index in [0.29, 0.717) is 36.0 Å². The fourth-order valence-corrected chi connectivity index (χ4v) is 8.04. The number of ether oxygens (including phenoxy) is 1. The lowest BCUT2D eigenvalue weighted by molar-refractivity contribution is -0.126. The largest absolute Gasteiger partial charge is 0.496 e. The molecule has 0 amide bonds. The van der Waals surface area contributed by atoms with Gasteiger partial charge in [-0.3, -0.25) is 9.78 Å². The molecule has 2 heterocycles. The molecule has 188 valence electrons. The Morgan fingerprint density at radius 1 is 0.972 bits per heavy atom. The Kier molecular flexibility index (Phi) is 5.88. The van der Waals surface area contributed by atoms with Crippen molar-refractivity contribution in [3.05, 3.63) is 54.7 Å². The molecule has 0 bridgehead atoms. The van der Waals surface area contributed by atoms with Gasteiger partial charge in [0.15, 0.2) is 9.84 Å². The number of pyridine rings is 1. The van der Waals surface area contributed by atoms with E-state index in [9.17, 15) is 13.2 Å². The summed E-state index contributed by atoms with van der Waals surface area (Å²) in [7, 11) is -1.77. The summed E-state index contributed by atoms with van der Waals surface area (Å²) in [6.07, 6.45) is 7.86. The van der Waals surface area contributed by atoms with Crippen LogP contribution in [0.15, 0.2) is 59.6 Å². The van der Waals surface area contributed by atoms with Gasteiger partial charge in [0.25, 0.3) is 0 Å². The summed E-state index contributed by atoms with van der Waals surface area (Å²) in [5.74, 6) is 1.87. The zero-order valence-corrected chi connectivity index (χ0v) is 21.4. The predicted molar refractivity (Wildman–Crippen MR) is 140 cm³/mol. The molecule has 36 heavy (non-hydrogen) atoms. The lowest BCUT2D eigenvalue weighted by atomic mass is 9.71. The van der Waals surface area contributed by atoms with E-state index in [1.165, 1.54) is 12.8 Å². The summed E-state index contributed by atoms with van der Waals surface area (Å²) in [6.45, 7) is 0.442. The fourth-order valence-electron chi connectivity index (χ4n) is 6.28. The summed E-state index contributed by atoms with van der Waals surface area (Å²) in [5.41, 5.74) is 2.70. The number of hydrogen-bond acceptors (Lipinski definition) is 6. The third-order valence-electron chi connectivity index (χ3n) is 8.62. The third kappa shape index (κ3) is 4.22. The minimum Gasteiger partial charge on any atom is -0.496 e. The van der Waals surface area contributed by atoms with Crippen molar-refractivity contribution in [3.63, 3.8) is 0 Å². The van der Waals surface area contributed by atoms with Crippen LogP contribution >= 0.6 is 0 Å². The summed E-state index contributed by atoms with van der Waals surface area (Å²) >= 11 is 0. The lowest BCUT2D eigenvalue weighted by Crippen LogP contribution is -2.57. The van der Waals surface area contributed by atoms with Crippen LogP contribution in [0.5, 0.6) is 5.75 Å². The van der Waals surface area contributed by atoms with Gasteiger partial charge >= 0.3 is 0 Å². The van der Waals surface area contributed by atoms with E-state index in [4.69, 9.17) is 4.74 Å². The van der Waals surface area contributed by atoms with E-state index in [1.807, 2.05) is 36.4 Å². The number of aromatic nitrogens is 1. The number of ketones is 1. The van der Waals surface area contributed by atoms with Crippen molar-refractivity contribution in [1.82, 2.24) is 10.3 Å². The molecule has 2 aromatic carbocycles. The van der Waals surface area contributed by atoms with Gasteiger partial charge in [0.05, 0.1) is 29.3 Å². The van der Waals surface area contributed by atoms with Crippen molar-refractivity contribution < 1.29 is 17.9 Å². The molecule has 1 aromatic heterocycles. The Hall–Kier alpha value is -2.77. The van der Waals surface area contributed by atoms with Crippen LogP contribution < -0.4 is 10.1 Å². The van der Waals surface area contributed by atoms with Crippen LogP contribution in [0.1, 0.15) is 44.9 Å². The minimum atomic E-state index is -3.41. The molecule has 3 aromatic rings. The maximum Gasteiger partial charge on any atom is 0.181 e. The number of hydrogen-bond donors (Lipinski definition) is 1.